The number of piperazine rings is 1. The summed E-state index contributed by atoms with van der Waals surface area (Å²) in [4.78, 5) is 9.27. The quantitative estimate of drug-likeness (QED) is 0.515. The third-order valence-corrected chi connectivity index (χ3v) is 6.44. The second-order valence-corrected chi connectivity index (χ2v) is 8.57. The van der Waals surface area contributed by atoms with E-state index in [1.54, 1.807) is 6.07 Å². The van der Waals surface area contributed by atoms with Gasteiger partial charge in [-0.2, -0.15) is 5.26 Å². The van der Waals surface area contributed by atoms with Crippen LogP contribution in [0.1, 0.15) is 29.9 Å². The van der Waals surface area contributed by atoms with E-state index in [-0.39, 0.29) is 6.04 Å². The highest BCUT2D eigenvalue weighted by Gasteiger charge is 2.29. The van der Waals surface area contributed by atoms with Crippen molar-refractivity contribution >= 4 is 28.9 Å². The van der Waals surface area contributed by atoms with E-state index in [4.69, 9.17) is 23.2 Å². The number of hydrogen-bond donors (Lipinski definition) is 0. The van der Waals surface area contributed by atoms with Crippen LogP contribution in [-0.4, -0.2) is 40.6 Å². The van der Waals surface area contributed by atoms with Crippen LogP contribution < -0.4 is 4.90 Å². The van der Waals surface area contributed by atoms with Gasteiger partial charge >= 0.3 is 0 Å². The maximum Gasteiger partial charge on any atom is 0.108 e. The van der Waals surface area contributed by atoms with Crippen molar-refractivity contribution < 1.29 is 0 Å². The number of imidazole rings is 1. The van der Waals surface area contributed by atoms with Crippen molar-refractivity contribution in [3.63, 3.8) is 0 Å². The van der Waals surface area contributed by atoms with E-state index in [1.807, 2.05) is 30.5 Å². The van der Waals surface area contributed by atoms with Gasteiger partial charge in [0.25, 0.3) is 0 Å². The molecule has 1 aromatic heterocycles. The summed E-state index contributed by atoms with van der Waals surface area (Å²) in [5, 5.41) is 10.5. The summed E-state index contributed by atoms with van der Waals surface area (Å²) in [6, 6.07) is 15.9. The Kier molecular flexibility index (Phi) is 6.82. The summed E-state index contributed by atoms with van der Waals surface area (Å²) in [5.41, 5.74) is 2.73. The molecule has 1 aliphatic heterocycles. The largest absolute Gasteiger partial charge is 0.361 e. The van der Waals surface area contributed by atoms with Crippen LogP contribution in [0, 0.1) is 11.3 Å². The van der Waals surface area contributed by atoms with Gasteiger partial charge in [0.05, 0.1) is 28.4 Å². The van der Waals surface area contributed by atoms with Gasteiger partial charge in [-0.3, -0.25) is 4.90 Å². The minimum absolute atomic E-state index is 0.143. The molecule has 0 saturated carbocycles. The minimum Gasteiger partial charge on any atom is -0.361 e. The van der Waals surface area contributed by atoms with Gasteiger partial charge < -0.3 is 9.47 Å². The van der Waals surface area contributed by atoms with E-state index in [0.717, 1.165) is 55.7 Å². The van der Waals surface area contributed by atoms with Gasteiger partial charge in [0.1, 0.15) is 5.82 Å². The number of rotatable bonds is 6. The highest BCUT2D eigenvalue weighted by Crippen LogP contribution is 2.36. The fourth-order valence-corrected chi connectivity index (χ4v) is 4.63. The van der Waals surface area contributed by atoms with Crippen LogP contribution >= 0.6 is 23.2 Å². The Labute approximate surface area is 193 Å². The average molecular weight is 454 g/mol. The molecule has 0 aliphatic carbocycles. The van der Waals surface area contributed by atoms with Crippen LogP contribution in [0.3, 0.4) is 0 Å². The summed E-state index contributed by atoms with van der Waals surface area (Å²) in [6.07, 6.45) is 4.87. The third-order valence-electron chi connectivity index (χ3n) is 5.88. The molecule has 0 unspecified atom stereocenters. The predicted molar refractivity (Wildman–Crippen MR) is 126 cm³/mol. The molecule has 0 bridgehead atoms. The number of anilines is 1. The Morgan fingerprint density at radius 1 is 1.10 bits per heavy atom. The Hall–Kier alpha value is -2.52. The topological polar surface area (TPSA) is 48.1 Å². The van der Waals surface area contributed by atoms with Gasteiger partial charge in [-0.25, -0.2) is 4.98 Å². The number of benzene rings is 2. The first kappa shape index (κ1) is 21.7. The van der Waals surface area contributed by atoms with Gasteiger partial charge in [0.2, 0.25) is 0 Å². The number of nitriles is 1. The maximum absolute atomic E-state index is 9.18. The van der Waals surface area contributed by atoms with Crippen LogP contribution in [0.2, 0.25) is 10.0 Å². The highest BCUT2D eigenvalue weighted by atomic mass is 35.5. The molecule has 0 amide bonds. The Morgan fingerprint density at radius 3 is 2.61 bits per heavy atom. The van der Waals surface area contributed by atoms with Crippen molar-refractivity contribution in [3.05, 3.63) is 81.9 Å². The van der Waals surface area contributed by atoms with Crippen molar-refractivity contribution in [2.24, 2.45) is 0 Å². The normalized spacial score (nSPS) is 17.0. The first-order valence-electron chi connectivity index (χ1n) is 10.5. The first-order valence-corrected chi connectivity index (χ1v) is 11.3. The standard InChI is InChI=1S/C24H25Cl2N5/c1-2-24-28-9-10-30(24)13-11-29-12-14-31(22-8-3-18(16-27)15-21(22)26)23(17-29)19-4-6-20(25)7-5-19/h3-10,15,23H,2,11-14,17H2,1H3/t23-/m0/s1. The Morgan fingerprint density at radius 2 is 1.90 bits per heavy atom. The van der Waals surface area contributed by atoms with Gasteiger partial charge in [-0.05, 0) is 35.9 Å². The summed E-state index contributed by atoms with van der Waals surface area (Å²) in [5.74, 6) is 1.12. The minimum atomic E-state index is 0.143. The third kappa shape index (κ3) is 4.88. The van der Waals surface area contributed by atoms with Crippen LogP contribution in [0.25, 0.3) is 0 Å². The molecule has 1 fully saturated rings. The second-order valence-electron chi connectivity index (χ2n) is 7.73. The lowest BCUT2D eigenvalue weighted by Gasteiger charge is -2.43. The molecule has 7 heteroatoms. The number of aromatic nitrogens is 2. The summed E-state index contributed by atoms with van der Waals surface area (Å²) < 4.78 is 2.24. The SMILES string of the molecule is CCc1nccn1CCN1CCN(c2ccc(C#N)cc2Cl)[C@H](c2ccc(Cl)cc2)C1. The zero-order chi connectivity index (χ0) is 21.8. The smallest absolute Gasteiger partial charge is 0.108 e. The van der Waals surface area contributed by atoms with E-state index >= 15 is 0 Å². The molecule has 0 radical (unpaired) electrons. The molecule has 31 heavy (non-hydrogen) atoms. The van der Waals surface area contributed by atoms with E-state index in [9.17, 15) is 5.26 Å². The van der Waals surface area contributed by atoms with Gasteiger partial charge in [-0.1, -0.05) is 42.3 Å². The molecule has 2 heterocycles. The molecule has 5 nitrogen and oxygen atoms in total. The molecule has 1 saturated heterocycles. The van der Waals surface area contributed by atoms with Crippen molar-refractivity contribution in [2.45, 2.75) is 25.9 Å². The van der Waals surface area contributed by atoms with Gasteiger partial charge in [0.15, 0.2) is 0 Å². The molecule has 3 aromatic rings. The summed E-state index contributed by atoms with van der Waals surface area (Å²) in [7, 11) is 0. The van der Waals surface area contributed by atoms with Crippen LogP contribution in [0.4, 0.5) is 5.69 Å². The summed E-state index contributed by atoms with van der Waals surface area (Å²) >= 11 is 12.7. The van der Waals surface area contributed by atoms with Crippen molar-refractivity contribution in [1.29, 1.82) is 5.26 Å². The fraction of sp³-hybridized carbons (Fsp3) is 0.333. The molecular formula is C24H25Cl2N5. The Bertz CT molecular complexity index is 1070. The van der Waals surface area contributed by atoms with Crippen molar-refractivity contribution in [3.8, 4) is 6.07 Å². The molecule has 0 N–H and O–H groups in total. The van der Waals surface area contributed by atoms with E-state index in [2.05, 4.69) is 50.7 Å². The first-order chi connectivity index (χ1) is 15.1. The molecule has 4 rings (SSSR count). The van der Waals surface area contributed by atoms with Crippen LogP contribution in [0.5, 0.6) is 0 Å². The molecule has 160 valence electrons. The Balaban J connectivity index is 1.57. The molecule has 1 aliphatic rings. The monoisotopic (exact) mass is 453 g/mol. The number of aryl methyl sites for hydroxylation is 1. The molecule has 2 aromatic carbocycles. The van der Waals surface area contributed by atoms with Crippen LogP contribution in [-0.2, 0) is 13.0 Å². The van der Waals surface area contributed by atoms with E-state index in [1.165, 1.54) is 5.56 Å². The van der Waals surface area contributed by atoms with Gasteiger partial charge in [-0.15, -0.1) is 0 Å². The summed E-state index contributed by atoms with van der Waals surface area (Å²) in [6.45, 7) is 6.69. The maximum atomic E-state index is 9.18. The molecule has 0 spiro atoms. The lowest BCUT2D eigenvalue weighted by molar-refractivity contribution is 0.215. The number of hydrogen-bond acceptors (Lipinski definition) is 4. The number of nitrogens with zero attached hydrogens (tertiary/aromatic N) is 5. The van der Waals surface area contributed by atoms with Gasteiger partial charge in [0, 0.05) is 56.6 Å². The van der Waals surface area contributed by atoms with Crippen molar-refractivity contribution in [1.82, 2.24) is 14.5 Å². The lowest BCUT2D eigenvalue weighted by atomic mass is 10.0. The van der Waals surface area contributed by atoms with Crippen LogP contribution in [0.15, 0.2) is 54.9 Å². The molecular weight excluding hydrogens is 429 g/mol. The predicted octanol–water partition coefficient (Wildman–Crippen LogP) is 5.19. The number of halogens is 2. The highest BCUT2D eigenvalue weighted by molar-refractivity contribution is 6.33. The molecule has 1 atom stereocenters. The lowest BCUT2D eigenvalue weighted by Crippen LogP contribution is -2.49. The van der Waals surface area contributed by atoms with E-state index in [0.29, 0.717) is 10.6 Å². The van der Waals surface area contributed by atoms with Crippen molar-refractivity contribution in [2.75, 3.05) is 31.1 Å². The second kappa shape index (κ2) is 9.74. The average Bonchev–Trinajstić information content (AvgIpc) is 3.26. The fourth-order valence-electron chi connectivity index (χ4n) is 4.22. The zero-order valence-corrected chi connectivity index (χ0v) is 19.0. The zero-order valence-electron chi connectivity index (χ0n) is 17.5. The van der Waals surface area contributed by atoms with E-state index < -0.39 is 0 Å².